The number of carbonyl (C=O) groups is 2. The molecule has 32 heavy (non-hydrogen) atoms. The Hall–Kier alpha value is -3.53. The van der Waals surface area contributed by atoms with Crippen molar-refractivity contribution in [1.82, 2.24) is 9.91 Å². The molecule has 4 rings (SSSR count). The summed E-state index contributed by atoms with van der Waals surface area (Å²) < 4.78 is 10.6. The lowest BCUT2D eigenvalue weighted by atomic mass is 10.0. The minimum atomic E-state index is -0.465. The van der Waals surface area contributed by atoms with E-state index in [4.69, 9.17) is 9.15 Å². The molecule has 0 unspecified atom stereocenters. The predicted molar refractivity (Wildman–Crippen MR) is 114 cm³/mol. The number of carbonyl (C=O) groups excluding carboxylic acids is 2. The van der Waals surface area contributed by atoms with Gasteiger partial charge in [-0.15, -0.1) is 0 Å². The van der Waals surface area contributed by atoms with Crippen molar-refractivity contribution >= 4 is 23.2 Å². The molecule has 2 aliphatic rings. The highest BCUT2D eigenvalue weighted by molar-refractivity contribution is 6.03. The summed E-state index contributed by atoms with van der Waals surface area (Å²) in [5.74, 6) is 0.200. The van der Waals surface area contributed by atoms with Crippen LogP contribution in [0.15, 0.2) is 52.2 Å². The lowest BCUT2D eigenvalue weighted by molar-refractivity contribution is -0.384. The number of furan rings is 1. The van der Waals surface area contributed by atoms with Gasteiger partial charge in [-0.3, -0.25) is 19.7 Å². The molecule has 0 bridgehead atoms. The molecule has 1 aliphatic carbocycles. The van der Waals surface area contributed by atoms with Crippen LogP contribution in [0.2, 0.25) is 0 Å². The Bertz CT molecular complexity index is 1010. The maximum Gasteiger partial charge on any atom is 0.269 e. The fraction of sp³-hybridized carbons (Fsp3) is 0.409. The van der Waals surface area contributed by atoms with Crippen LogP contribution in [0.4, 0.5) is 5.69 Å². The number of ether oxygens (including phenoxy) is 1. The van der Waals surface area contributed by atoms with E-state index in [1.54, 1.807) is 31.4 Å². The first-order valence-electron chi connectivity index (χ1n) is 10.4. The monoisotopic (exact) mass is 440 g/mol. The molecule has 2 aromatic rings. The van der Waals surface area contributed by atoms with Crippen molar-refractivity contribution in [3.05, 3.63) is 64.1 Å². The normalized spacial score (nSPS) is 17.8. The standard InChI is InChI=1S/C22H24N4O6/c1-31-12-10-24(22(28)16-4-5-16)14-21(27)25-19(20-3-2-11-32-20)13-18(23-25)15-6-8-17(9-7-15)26(29)30/h2-3,6-9,11,16,19H,4-5,10,12-14H2,1H3/t19-/m1/s1. The van der Waals surface area contributed by atoms with E-state index >= 15 is 0 Å². The molecular formula is C22H24N4O6. The molecule has 1 saturated carbocycles. The average molecular weight is 440 g/mol. The van der Waals surface area contributed by atoms with Gasteiger partial charge >= 0.3 is 0 Å². The number of nitrogens with zero attached hydrogens (tertiary/aromatic N) is 4. The van der Waals surface area contributed by atoms with Crippen LogP contribution in [0.25, 0.3) is 0 Å². The van der Waals surface area contributed by atoms with E-state index in [2.05, 4.69) is 5.10 Å². The minimum absolute atomic E-state index is 0.0155. The van der Waals surface area contributed by atoms with Crippen LogP contribution in [-0.4, -0.2) is 59.2 Å². The molecule has 0 saturated heterocycles. The van der Waals surface area contributed by atoms with Crippen LogP contribution >= 0.6 is 0 Å². The summed E-state index contributed by atoms with van der Waals surface area (Å²) in [5.41, 5.74) is 1.29. The second-order valence-corrected chi connectivity index (χ2v) is 7.85. The maximum atomic E-state index is 13.2. The number of hydrazone groups is 1. The van der Waals surface area contributed by atoms with Gasteiger partial charge in [0, 0.05) is 38.1 Å². The third-order valence-electron chi connectivity index (χ3n) is 5.58. The minimum Gasteiger partial charge on any atom is -0.467 e. The van der Waals surface area contributed by atoms with Crippen molar-refractivity contribution in [3.63, 3.8) is 0 Å². The zero-order valence-corrected chi connectivity index (χ0v) is 17.7. The molecule has 0 N–H and O–H groups in total. The van der Waals surface area contributed by atoms with E-state index in [9.17, 15) is 19.7 Å². The molecule has 0 radical (unpaired) electrons. The second kappa shape index (κ2) is 9.31. The molecule has 2 heterocycles. The third-order valence-corrected chi connectivity index (χ3v) is 5.58. The highest BCUT2D eigenvalue weighted by Crippen LogP contribution is 2.34. The zero-order valence-electron chi connectivity index (χ0n) is 17.7. The molecule has 1 aliphatic heterocycles. The predicted octanol–water partition coefficient (Wildman–Crippen LogP) is 2.75. The van der Waals surface area contributed by atoms with Gasteiger partial charge in [-0.2, -0.15) is 5.10 Å². The van der Waals surface area contributed by atoms with Gasteiger partial charge in [0.1, 0.15) is 18.3 Å². The number of amides is 2. The van der Waals surface area contributed by atoms with Crippen molar-refractivity contribution in [3.8, 4) is 0 Å². The molecule has 1 aromatic heterocycles. The largest absolute Gasteiger partial charge is 0.467 e. The fourth-order valence-corrected chi connectivity index (χ4v) is 3.69. The topological polar surface area (TPSA) is 118 Å². The Morgan fingerprint density at radius 1 is 1.28 bits per heavy atom. The lowest BCUT2D eigenvalue weighted by Gasteiger charge is -2.26. The summed E-state index contributed by atoms with van der Waals surface area (Å²) in [4.78, 5) is 37.9. The number of rotatable bonds is 9. The summed E-state index contributed by atoms with van der Waals surface area (Å²) >= 11 is 0. The Kier molecular flexibility index (Phi) is 6.31. The van der Waals surface area contributed by atoms with Gasteiger partial charge in [0.25, 0.3) is 11.6 Å². The highest BCUT2D eigenvalue weighted by atomic mass is 16.6. The van der Waals surface area contributed by atoms with Crippen molar-refractivity contribution in [2.75, 3.05) is 26.8 Å². The molecule has 0 spiro atoms. The van der Waals surface area contributed by atoms with Gasteiger partial charge in [-0.05, 0) is 42.7 Å². The van der Waals surface area contributed by atoms with Crippen molar-refractivity contribution in [1.29, 1.82) is 0 Å². The number of benzene rings is 1. The van der Waals surface area contributed by atoms with Crippen LogP contribution < -0.4 is 0 Å². The van der Waals surface area contributed by atoms with Crippen LogP contribution in [-0.2, 0) is 14.3 Å². The van der Waals surface area contributed by atoms with Crippen molar-refractivity contribution in [2.45, 2.75) is 25.3 Å². The Morgan fingerprint density at radius 2 is 2.03 bits per heavy atom. The molecule has 10 nitrogen and oxygen atoms in total. The van der Waals surface area contributed by atoms with Gasteiger partial charge in [0.2, 0.25) is 5.91 Å². The zero-order chi connectivity index (χ0) is 22.7. The van der Waals surface area contributed by atoms with Crippen LogP contribution in [0.5, 0.6) is 0 Å². The van der Waals surface area contributed by atoms with E-state index in [0.717, 1.165) is 12.8 Å². The average Bonchev–Trinajstić information content (AvgIpc) is 3.31. The number of nitro groups is 1. The summed E-state index contributed by atoms with van der Waals surface area (Å²) in [6, 6.07) is 9.11. The summed E-state index contributed by atoms with van der Waals surface area (Å²) in [6.45, 7) is 0.563. The van der Waals surface area contributed by atoms with Gasteiger partial charge in [-0.1, -0.05) is 0 Å². The molecule has 1 aromatic carbocycles. The molecule has 10 heteroatoms. The van der Waals surface area contributed by atoms with E-state index in [0.29, 0.717) is 36.6 Å². The van der Waals surface area contributed by atoms with Gasteiger partial charge in [0.05, 0.1) is 23.5 Å². The Balaban J connectivity index is 1.56. The lowest BCUT2D eigenvalue weighted by Crippen LogP contribution is -2.43. The Labute approximate surface area is 184 Å². The summed E-state index contributed by atoms with van der Waals surface area (Å²) in [7, 11) is 1.55. The number of methoxy groups -OCH3 is 1. The Morgan fingerprint density at radius 3 is 2.62 bits per heavy atom. The SMILES string of the molecule is COCCN(CC(=O)N1N=C(c2ccc([N+](=O)[O-])cc2)C[C@@H]1c1ccco1)C(=O)C1CC1. The maximum absolute atomic E-state index is 13.2. The first kappa shape index (κ1) is 21.7. The van der Waals surface area contributed by atoms with Crippen LogP contribution in [0.1, 0.15) is 36.6 Å². The molecular weight excluding hydrogens is 416 g/mol. The molecule has 1 atom stereocenters. The fourth-order valence-electron chi connectivity index (χ4n) is 3.69. The van der Waals surface area contributed by atoms with E-state index < -0.39 is 11.0 Å². The van der Waals surface area contributed by atoms with Crippen molar-refractivity contribution in [2.24, 2.45) is 11.0 Å². The second-order valence-electron chi connectivity index (χ2n) is 7.85. The highest BCUT2D eigenvalue weighted by Gasteiger charge is 2.38. The number of nitro benzene ring substituents is 1. The van der Waals surface area contributed by atoms with Gasteiger partial charge in [0.15, 0.2) is 0 Å². The number of non-ortho nitro benzene ring substituents is 1. The van der Waals surface area contributed by atoms with E-state index in [1.807, 2.05) is 0 Å². The van der Waals surface area contributed by atoms with Gasteiger partial charge < -0.3 is 14.1 Å². The van der Waals surface area contributed by atoms with Crippen molar-refractivity contribution < 1.29 is 23.7 Å². The quantitative estimate of drug-likeness (QED) is 0.437. The summed E-state index contributed by atoms with van der Waals surface area (Å²) in [5, 5.41) is 16.8. The van der Waals surface area contributed by atoms with Gasteiger partial charge in [-0.25, -0.2) is 5.01 Å². The molecule has 2 amide bonds. The number of hydrogen-bond acceptors (Lipinski definition) is 7. The molecule has 1 fully saturated rings. The summed E-state index contributed by atoms with van der Waals surface area (Å²) in [6.07, 6.45) is 3.62. The van der Waals surface area contributed by atoms with Crippen LogP contribution in [0.3, 0.4) is 0 Å². The smallest absolute Gasteiger partial charge is 0.269 e. The molecule has 168 valence electrons. The number of hydrogen-bond donors (Lipinski definition) is 0. The first-order valence-corrected chi connectivity index (χ1v) is 10.4. The third kappa shape index (κ3) is 4.70. The van der Waals surface area contributed by atoms with E-state index in [1.165, 1.54) is 28.3 Å². The first-order chi connectivity index (χ1) is 15.5. The van der Waals surface area contributed by atoms with E-state index in [-0.39, 0.29) is 30.0 Å². The van der Waals surface area contributed by atoms with Crippen LogP contribution in [0, 0.1) is 16.0 Å².